The molecule has 4 aliphatic rings. The largest absolute Gasteiger partial charge is 0.461 e. The minimum Gasteiger partial charge on any atom is -0.461 e. The van der Waals surface area contributed by atoms with Crippen molar-refractivity contribution in [2.75, 3.05) is 0 Å². The molecule has 0 spiro atoms. The summed E-state index contributed by atoms with van der Waals surface area (Å²) in [6, 6.07) is 0. The van der Waals surface area contributed by atoms with Crippen LogP contribution in [0.2, 0.25) is 0 Å². The molecule has 4 fully saturated rings. The summed E-state index contributed by atoms with van der Waals surface area (Å²) < 4.78 is 5.59. The SMILES string of the molecule is CCCCCC12CCC(C(=O)C1)[C@H]1CC(=O)O[C@H]12. The van der Waals surface area contributed by atoms with Crippen LogP contribution in [0, 0.1) is 17.3 Å². The molecule has 0 N–H and O–H groups in total. The molecule has 1 heterocycles. The number of esters is 1. The van der Waals surface area contributed by atoms with Crippen LogP contribution in [-0.4, -0.2) is 17.9 Å². The van der Waals surface area contributed by atoms with E-state index in [1.807, 2.05) is 0 Å². The lowest BCUT2D eigenvalue weighted by atomic mass is 9.52. The minimum atomic E-state index is -0.0773. The molecule has 0 radical (unpaired) electrons. The average Bonchev–Trinajstić information content (AvgIpc) is 2.73. The van der Waals surface area contributed by atoms with Crippen molar-refractivity contribution in [3.8, 4) is 0 Å². The van der Waals surface area contributed by atoms with Crippen LogP contribution in [0.5, 0.6) is 0 Å². The van der Waals surface area contributed by atoms with Gasteiger partial charge in [0, 0.05) is 23.7 Å². The van der Waals surface area contributed by atoms with Crippen molar-refractivity contribution in [3.05, 3.63) is 0 Å². The van der Waals surface area contributed by atoms with E-state index >= 15 is 0 Å². The van der Waals surface area contributed by atoms with E-state index in [9.17, 15) is 9.59 Å². The normalized spacial score (nSPS) is 41.9. The molecule has 3 heteroatoms. The second-order valence-electron chi connectivity index (χ2n) is 6.39. The number of hydrogen-bond donors (Lipinski definition) is 0. The molecular formula is C15H22O3. The van der Waals surface area contributed by atoms with Gasteiger partial charge in [0.05, 0.1) is 6.42 Å². The Hall–Kier alpha value is -0.860. The third-order valence-corrected chi connectivity index (χ3v) is 5.34. The maximum atomic E-state index is 12.2. The summed E-state index contributed by atoms with van der Waals surface area (Å²) >= 11 is 0. The predicted molar refractivity (Wildman–Crippen MR) is 66.9 cm³/mol. The Kier molecular flexibility index (Phi) is 2.95. The number of carbonyl (C=O) groups excluding carboxylic acids is 2. The fourth-order valence-electron chi connectivity index (χ4n) is 4.46. The number of rotatable bonds is 4. The Balaban J connectivity index is 1.82. The molecule has 1 saturated heterocycles. The summed E-state index contributed by atoms with van der Waals surface area (Å²) in [5.74, 6) is 0.646. The van der Waals surface area contributed by atoms with Gasteiger partial charge in [-0.3, -0.25) is 9.59 Å². The summed E-state index contributed by atoms with van der Waals surface area (Å²) in [4.78, 5) is 23.7. The maximum Gasteiger partial charge on any atom is 0.306 e. The Morgan fingerprint density at radius 3 is 2.89 bits per heavy atom. The first-order chi connectivity index (χ1) is 8.66. The zero-order chi connectivity index (χ0) is 12.8. The van der Waals surface area contributed by atoms with Crippen LogP contribution >= 0.6 is 0 Å². The summed E-state index contributed by atoms with van der Waals surface area (Å²) in [6.45, 7) is 2.19. The van der Waals surface area contributed by atoms with E-state index in [1.165, 1.54) is 12.8 Å². The van der Waals surface area contributed by atoms with Crippen LogP contribution in [0.1, 0.15) is 58.3 Å². The monoisotopic (exact) mass is 250 g/mol. The van der Waals surface area contributed by atoms with Crippen LogP contribution < -0.4 is 0 Å². The molecule has 0 aromatic heterocycles. The number of fused-ring (bicyclic) bond motifs is 2. The van der Waals surface area contributed by atoms with E-state index in [0.29, 0.717) is 18.6 Å². The van der Waals surface area contributed by atoms with Gasteiger partial charge in [0.2, 0.25) is 0 Å². The maximum absolute atomic E-state index is 12.2. The smallest absolute Gasteiger partial charge is 0.306 e. The first kappa shape index (κ1) is 12.2. The second kappa shape index (κ2) is 4.36. The standard InChI is InChI=1S/C15H22O3/c1-2-3-4-6-15-7-5-10(12(16)9-15)11-8-13(17)18-14(11)15/h10-11,14H,2-9H2,1H3/t10?,11-,14-,15?/m1/s1. The van der Waals surface area contributed by atoms with E-state index in [-0.39, 0.29) is 29.3 Å². The molecule has 3 saturated carbocycles. The highest BCUT2D eigenvalue weighted by Gasteiger charge is 2.61. The molecular weight excluding hydrogens is 228 g/mol. The zero-order valence-electron chi connectivity index (χ0n) is 11.1. The highest BCUT2D eigenvalue weighted by Crippen LogP contribution is 2.58. The zero-order valence-corrected chi connectivity index (χ0v) is 11.1. The first-order valence-electron chi connectivity index (χ1n) is 7.38. The van der Waals surface area contributed by atoms with E-state index < -0.39 is 0 Å². The van der Waals surface area contributed by atoms with Crippen molar-refractivity contribution in [2.24, 2.45) is 17.3 Å². The van der Waals surface area contributed by atoms with E-state index in [2.05, 4.69) is 6.92 Å². The Morgan fingerprint density at radius 1 is 1.33 bits per heavy atom. The van der Waals surface area contributed by atoms with Crippen molar-refractivity contribution in [2.45, 2.75) is 64.4 Å². The molecule has 0 aromatic rings. The Bertz CT molecular complexity index is 376. The van der Waals surface area contributed by atoms with Gasteiger partial charge in [0.1, 0.15) is 11.9 Å². The fourth-order valence-corrected chi connectivity index (χ4v) is 4.46. The molecule has 3 aliphatic carbocycles. The predicted octanol–water partition coefficient (Wildman–Crippen LogP) is 2.87. The lowest BCUT2D eigenvalue weighted by molar-refractivity contribution is -0.164. The van der Waals surface area contributed by atoms with Gasteiger partial charge in [-0.1, -0.05) is 26.2 Å². The quantitative estimate of drug-likeness (QED) is 0.569. The summed E-state index contributed by atoms with van der Waals surface area (Å²) in [6.07, 6.45) is 7.91. The van der Waals surface area contributed by atoms with Gasteiger partial charge in [0.15, 0.2) is 0 Å². The molecule has 1 aliphatic heterocycles. The lowest BCUT2D eigenvalue weighted by Gasteiger charge is -2.51. The molecule has 3 nitrogen and oxygen atoms in total. The number of Topliss-reactive ketones (excluding diaryl/α,β-unsaturated/α-hetero) is 1. The Labute approximate surface area is 108 Å². The third-order valence-electron chi connectivity index (χ3n) is 5.34. The van der Waals surface area contributed by atoms with Crippen LogP contribution in [0.4, 0.5) is 0 Å². The highest BCUT2D eigenvalue weighted by molar-refractivity contribution is 5.86. The molecule has 0 aromatic carbocycles. The molecule has 100 valence electrons. The second-order valence-corrected chi connectivity index (χ2v) is 6.39. The topological polar surface area (TPSA) is 43.4 Å². The van der Waals surface area contributed by atoms with E-state index in [4.69, 9.17) is 4.74 Å². The molecule has 4 atom stereocenters. The number of carbonyl (C=O) groups is 2. The lowest BCUT2D eigenvalue weighted by Crippen LogP contribution is -2.54. The van der Waals surface area contributed by atoms with Crippen LogP contribution in [0.3, 0.4) is 0 Å². The van der Waals surface area contributed by atoms with E-state index in [0.717, 1.165) is 25.7 Å². The molecule has 0 amide bonds. The summed E-state index contributed by atoms with van der Waals surface area (Å²) in [5, 5.41) is 0. The van der Waals surface area contributed by atoms with Crippen molar-refractivity contribution in [3.63, 3.8) is 0 Å². The van der Waals surface area contributed by atoms with Gasteiger partial charge in [-0.15, -0.1) is 0 Å². The molecule has 2 unspecified atom stereocenters. The summed E-state index contributed by atoms with van der Waals surface area (Å²) in [5.41, 5.74) is -0.00215. The Morgan fingerprint density at radius 2 is 2.17 bits per heavy atom. The van der Waals surface area contributed by atoms with Gasteiger partial charge in [-0.05, 0) is 19.3 Å². The number of ketones is 1. The van der Waals surface area contributed by atoms with Gasteiger partial charge in [-0.25, -0.2) is 0 Å². The average molecular weight is 250 g/mol. The van der Waals surface area contributed by atoms with Gasteiger partial charge >= 0.3 is 5.97 Å². The van der Waals surface area contributed by atoms with Crippen molar-refractivity contribution in [1.29, 1.82) is 0 Å². The van der Waals surface area contributed by atoms with Gasteiger partial charge < -0.3 is 4.74 Å². The summed E-state index contributed by atoms with van der Waals surface area (Å²) in [7, 11) is 0. The van der Waals surface area contributed by atoms with Crippen LogP contribution in [-0.2, 0) is 14.3 Å². The number of unbranched alkanes of at least 4 members (excludes halogenated alkanes) is 2. The first-order valence-corrected chi connectivity index (χ1v) is 7.38. The van der Waals surface area contributed by atoms with Crippen molar-refractivity contribution < 1.29 is 14.3 Å². The van der Waals surface area contributed by atoms with E-state index in [1.54, 1.807) is 0 Å². The molecule has 2 bridgehead atoms. The van der Waals surface area contributed by atoms with Gasteiger partial charge in [-0.2, -0.15) is 0 Å². The number of hydrogen-bond acceptors (Lipinski definition) is 3. The van der Waals surface area contributed by atoms with Gasteiger partial charge in [0.25, 0.3) is 0 Å². The fraction of sp³-hybridized carbons (Fsp3) is 0.867. The van der Waals surface area contributed by atoms with Crippen molar-refractivity contribution >= 4 is 11.8 Å². The molecule has 18 heavy (non-hydrogen) atoms. The van der Waals surface area contributed by atoms with Crippen LogP contribution in [0.25, 0.3) is 0 Å². The number of ether oxygens (including phenoxy) is 1. The van der Waals surface area contributed by atoms with Crippen LogP contribution in [0.15, 0.2) is 0 Å². The van der Waals surface area contributed by atoms with Crippen molar-refractivity contribution in [1.82, 2.24) is 0 Å². The third kappa shape index (κ3) is 1.70. The minimum absolute atomic E-state index is 0.00215. The molecule has 4 rings (SSSR count). The highest BCUT2D eigenvalue weighted by atomic mass is 16.6.